The van der Waals surface area contributed by atoms with E-state index in [-0.39, 0.29) is 5.69 Å². The Balaban J connectivity index is 2.32. The third-order valence-corrected chi connectivity index (χ3v) is 4.00. The molecule has 0 atom stereocenters. The highest BCUT2D eigenvalue weighted by Gasteiger charge is 2.20. The second kappa shape index (κ2) is 5.46. The number of anilines is 2. The maximum Gasteiger partial charge on any atom is 0.264 e. The first-order chi connectivity index (χ1) is 9.42. The van der Waals surface area contributed by atoms with E-state index in [2.05, 4.69) is 10.0 Å². The Morgan fingerprint density at radius 2 is 1.55 bits per heavy atom. The summed E-state index contributed by atoms with van der Waals surface area (Å²) >= 11 is 0. The van der Waals surface area contributed by atoms with Crippen LogP contribution < -0.4 is 10.0 Å². The lowest BCUT2D eigenvalue weighted by molar-refractivity contribution is 0.555. The molecular formula is C13H12F2N2O2S. The largest absolute Gasteiger partial charge is 0.388 e. The van der Waals surface area contributed by atoms with Gasteiger partial charge in [0.1, 0.15) is 16.5 Å². The molecule has 2 rings (SSSR count). The number of hydrogen-bond donors (Lipinski definition) is 2. The van der Waals surface area contributed by atoms with Crippen molar-refractivity contribution < 1.29 is 17.2 Å². The summed E-state index contributed by atoms with van der Waals surface area (Å²) in [7, 11) is -2.45. The van der Waals surface area contributed by atoms with Gasteiger partial charge in [-0.05, 0) is 42.5 Å². The average Bonchev–Trinajstić information content (AvgIpc) is 2.42. The van der Waals surface area contributed by atoms with E-state index in [1.165, 1.54) is 12.1 Å². The minimum absolute atomic E-state index is 0.257. The molecule has 0 saturated heterocycles. The van der Waals surface area contributed by atoms with Gasteiger partial charge >= 0.3 is 0 Å². The van der Waals surface area contributed by atoms with Crippen LogP contribution in [0.3, 0.4) is 0 Å². The number of halogens is 2. The van der Waals surface area contributed by atoms with Crippen molar-refractivity contribution in [3.8, 4) is 0 Å². The Kier molecular flexibility index (Phi) is 3.89. The molecule has 2 N–H and O–H groups in total. The smallest absolute Gasteiger partial charge is 0.264 e. The summed E-state index contributed by atoms with van der Waals surface area (Å²) in [6.07, 6.45) is 0. The van der Waals surface area contributed by atoms with Gasteiger partial charge in [0.05, 0.1) is 0 Å². The minimum Gasteiger partial charge on any atom is -0.388 e. The molecule has 20 heavy (non-hydrogen) atoms. The fourth-order valence-corrected chi connectivity index (χ4v) is 2.75. The van der Waals surface area contributed by atoms with Crippen molar-refractivity contribution in [1.29, 1.82) is 0 Å². The zero-order valence-electron chi connectivity index (χ0n) is 10.5. The number of nitrogens with one attached hydrogen (secondary N) is 2. The zero-order valence-corrected chi connectivity index (χ0v) is 11.3. The highest BCUT2D eigenvalue weighted by Crippen LogP contribution is 2.21. The molecule has 0 saturated carbocycles. The SMILES string of the molecule is CNc1ccc(NS(=O)(=O)c2cc(F)ccc2F)cc1. The fourth-order valence-electron chi connectivity index (χ4n) is 1.60. The van der Waals surface area contributed by atoms with Gasteiger partial charge in [-0.1, -0.05) is 0 Å². The molecule has 4 nitrogen and oxygen atoms in total. The van der Waals surface area contributed by atoms with Crippen LogP contribution in [0, 0.1) is 11.6 Å². The monoisotopic (exact) mass is 298 g/mol. The van der Waals surface area contributed by atoms with E-state index in [0.717, 1.165) is 17.8 Å². The lowest BCUT2D eigenvalue weighted by Crippen LogP contribution is -2.14. The average molecular weight is 298 g/mol. The van der Waals surface area contributed by atoms with Gasteiger partial charge in [0, 0.05) is 18.4 Å². The van der Waals surface area contributed by atoms with E-state index < -0.39 is 26.6 Å². The third-order valence-electron chi connectivity index (χ3n) is 2.61. The highest BCUT2D eigenvalue weighted by atomic mass is 32.2. The Bertz CT molecular complexity index is 716. The standard InChI is InChI=1S/C13H12F2N2O2S/c1-16-10-3-5-11(6-4-10)17-20(18,19)13-8-9(14)2-7-12(13)15/h2-8,16-17H,1H3. The van der Waals surface area contributed by atoms with Crippen LogP contribution >= 0.6 is 0 Å². The molecule has 0 aliphatic carbocycles. The maximum absolute atomic E-state index is 13.5. The van der Waals surface area contributed by atoms with E-state index in [1.54, 1.807) is 19.2 Å². The molecule has 0 radical (unpaired) electrons. The van der Waals surface area contributed by atoms with Crippen molar-refractivity contribution >= 4 is 21.4 Å². The van der Waals surface area contributed by atoms with Gasteiger partial charge in [-0.3, -0.25) is 4.72 Å². The Labute approximate surface area is 115 Å². The molecular weight excluding hydrogens is 286 g/mol. The van der Waals surface area contributed by atoms with Crippen LogP contribution in [0.4, 0.5) is 20.2 Å². The number of hydrogen-bond acceptors (Lipinski definition) is 3. The fraction of sp³-hybridized carbons (Fsp3) is 0.0769. The quantitative estimate of drug-likeness (QED) is 0.912. The normalized spacial score (nSPS) is 11.2. The van der Waals surface area contributed by atoms with Gasteiger partial charge in [0.15, 0.2) is 0 Å². The molecule has 0 aliphatic heterocycles. The minimum atomic E-state index is -4.17. The van der Waals surface area contributed by atoms with Gasteiger partial charge in [-0.15, -0.1) is 0 Å². The van der Waals surface area contributed by atoms with Crippen molar-refractivity contribution in [2.24, 2.45) is 0 Å². The van der Waals surface area contributed by atoms with Crippen molar-refractivity contribution in [2.45, 2.75) is 4.90 Å². The van der Waals surface area contributed by atoms with Crippen LogP contribution in [-0.4, -0.2) is 15.5 Å². The van der Waals surface area contributed by atoms with E-state index in [4.69, 9.17) is 0 Å². The summed E-state index contributed by atoms with van der Waals surface area (Å²) in [6, 6.07) is 8.60. The van der Waals surface area contributed by atoms with Gasteiger partial charge in [-0.2, -0.15) is 0 Å². The first-order valence-electron chi connectivity index (χ1n) is 5.68. The molecule has 0 spiro atoms. The lowest BCUT2D eigenvalue weighted by atomic mass is 10.3. The summed E-state index contributed by atoms with van der Waals surface area (Å²) in [5.74, 6) is -1.83. The molecule has 2 aromatic carbocycles. The lowest BCUT2D eigenvalue weighted by Gasteiger charge is -2.09. The second-order valence-electron chi connectivity index (χ2n) is 4.01. The molecule has 0 bridgehead atoms. The first kappa shape index (κ1) is 14.3. The van der Waals surface area contributed by atoms with Crippen LogP contribution in [-0.2, 0) is 10.0 Å². The number of rotatable bonds is 4. The summed E-state index contributed by atoms with van der Waals surface area (Å²) in [5.41, 5.74) is 1.05. The van der Waals surface area contributed by atoms with Gasteiger partial charge in [0.2, 0.25) is 0 Å². The van der Waals surface area contributed by atoms with Crippen LogP contribution in [0.25, 0.3) is 0 Å². The Morgan fingerprint density at radius 1 is 0.950 bits per heavy atom. The molecule has 0 unspecified atom stereocenters. The first-order valence-corrected chi connectivity index (χ1v) is 7.16. The topological polar surface area (TPSA) is 58.2 Å². The van der Waals surface area contributed by atoms with Crippen LogP contribution in [0.15, 0.2) is 47.4 Å². The van der Waals surface area contributed by atoms with Crippen LogP contribution in [0.5, 0.6) is 0 Å². The van der Waals surface area contributed by atoms with E-state index in [1.807, 2.05) is 0 Å². The maximum atomic E-state index is 13.5. The van der Waals surface area contributed by atoms with E-state index in [9.17, 15) is 17.2 Å². The molecule has 0 heterocycles. The predicted molar refractivity (Wildman–Crippen MR) is 73.2 cm³/mol. The predicted octanol–water partition coefficient (Wildman–Crippen LogP) is 2.81. The Morgan fingerprint density at radius 3 is 2.15 bits per heavy atom. The molecule has 106 valence electrons. The highest BCUT2D eigenvalue weighted by molar-refractivity contribution is 7.92. The summed E-state index contributed by atoms with van der Waals surface area (Å²) in [6.45, 7) is 0. The molecule has 0 aromatic heterocycles. The van der Waals surface area contributed by atoms with Crippen molar-refractivity contribution in [2.75, 3.05) is 17.1 Å². The molecule has 2 aromatic rings. The van der Waals surface area contributed by atoms with E-state index >= 15 is 0 Å². The van der Waals surface area contributed by atoms with Gasteiger partial charge in [0.25, 0.3) is 10.0 Å². The summed E-state index contributed by atoms with van der Waals surface area (Å²) in [5, 5.41) is 2.88. The molecule has 7 heteroatoms. The summed E-state index contributed by atoms with van der Waals surface area (Å²) in [4.78, 5) is -0.727. The summed E-state index contributed by atoms with van der Waals surface area (Å²) < 4.78 is 52.7. The number of benzene rings is 2. The van der Waals surface area contributed by atoms with Gasteiger partial charge in [-0.25, -0.2) is 17.2 Å². The van der Waals surface area contributed by atoms with Crippen molar-refractivity contribution in [3.05, 3.63) is 54.1 Å². The van der Waals surface area contributed by atoms with Crippen LogP contribution in [0.1, 0.15) is 0 Å². The molecule has 0 amide bonds. The van der Waals surface area contributed by atoms with E-state index in [0.29, 0.717) is 6.07 Å². The zero-order chi connectivity index (χ0) is 14.8. The molecule has 0 aliphatic rings. The Hall–Kier alpha value is -2.15. The van der Waals surface area contributed by atoms with Crippen LogP contribution in [0.2, 0.25) is 0 Å². The third kappa shape index (κ3) is 3.05. The van der Waals surface area contributed by atoms with Gasteiger partial charge < -0.3 is 5.32 Å². The van der Waals surface area contributed by atoms with Crippen molar-refractivity contribution in [1.82, 2.24) is 0 Å². The number of sulfonamides is 1. The van der Waals surface area contributed by atoms with Crippen molar-refractivity contribution in [3.63, 3.8) is 0 Å². The second-order valence-corrected chi connectivity index (χ2v) is 5.66. The molecule has 0 fully saturated rings.